The Bertz CT molecular complexity index is 525. The second kappa shape index (κ2) is 6.43. The minimum atomic E-state index is -1.05. The van der Waals surface area contributed by atoms with Gasteiger partial charge in [0, 0.05) is 11.9 Å². The van der Waals surface area contributed by atoms with Crippen LogP contribution in [0, 0.1) is 5.41 Å². The minimum Gasteiger partial charge on any atom is -0.476 e. The Morgan fingerprint density at radius 2 is 2.24 bits per heavy atom. The molecular formula is C14H21N3O3S. The third-order valence-electron chi connectivity index (χ3n) is 3.82. The quantitative estimate of drug-likeness (QED) is 0.722. The van der Waals surface area contributed by atoms with Crippen LogP contribution in [0.4, 0.5) is 4.79 Å². The van der Waals surface area contributed by atoms with E-state index in [4.69, 9.17) is 5.11 Å². The molecule has 1 atom stereocenters. The molecule has 0 aliphatic heterocycles. The van der Waals surface area contributed by atoms with E-state index in [2.05, 4.69) is 22.5 Å². The van der Waals surface area contributed by atoms with Crippen molar-refractivity contribution in [1.29, 1.82) is 0 Å². The lowest BCUT2D eigenvalue weighted by molar-refractivity contribution is 0.0691. The van der Waals surface area contributed by atoms with E-state index in [9.17, 15) is 9.59 Å². The number of hydrogen-bond acceptors (Lipinski definition) is 4. The Morgan fingerprint density at radius 1 is 1.52 bits per heavy atom. The number of carbonyl (C=O) groups is 2. The molecular weight excluding hydrogens is 290 g/mol. The van der Waals surface area contributed by atoms with Crippen LogP contribution in [0.15, 0.2) is 5.38 Å². The summed E-state index contributed by atoms with van der Waals surface area (Å²) in [6.07, 6.45) is 4.66. The van der Waals surface area contributed by atoms with E-state index in [1.807, 2.05) is 0 Å². The Balaban J connectivity index is 1.80. The van der Waals surface area contributed by atoms with Crippen molar-refractivity contribution in [2.45, 2.75) is 45.6 Å². The molecule has 7 heteroatoms. The van der Waals surface area contributed by atoms with E-state index in [0.29, 0.717) is 17.0 Å². The van der Waals surface area contributed by atoms with Crippen molar-refractivity contribution in [3.8, 4) is 0 Å². The lowest BCUT2D eigenvalue weighted by Gasteiger charge is -2.17. The van der Waals surface area contributed by atoms with Crippen LogP contribution in [-0.2, 0) is 0 Å². The Morgan fingerprint density at radius 3 is 2.76 bits per heavy atom. The van der Waals surface area contributed by atoms with Crippen LogP contribution in [0.1, 0.15) is 61.1 Å². The van der Waals surface area contributed by atoms with E-state index < -0.39 is 5.97 Å². The normalized spacial score (nSPS) is 17.0. The maximum Gasteiger partial charge on any atom is 0.355 e. The Hall–Kier alpha value is -1.63. The highest BCUT2D eigenvalue weighted by molar-refractivity contribution is 7.09. The Labute approximate surface area is 128 Å². The number of urea groups is 1. The predicted octanol–water partition coefficient (Wildman–Crippen LogP) is 2.78. The van der Waals surface area contributed by atoms with Crippen molar-refractivity contribution in [1.82, 2.24) is 15.6 Å². The van der Waals surface area contributed by atoms with Crippen LogP contribution in [-0.4, -0.2) is 28.6 Å². The zero-order valence-corrected chi connectivity index (χ0v) is 13.1. The standard InChI is InChI=1S/C14H21N3O3S/c1-3-4-14(5-6-14)8-15-13(20)16-9(2)11-17-10(7-21-11)12(18)19/h7,9H,3-6,8H2,1-2H3,(H,18,19)(H2,15,16,20). The van der Waals surface area contributed by atoms with Crippen molar-refractivity contribution in [2.24, 2.45) is 5.41 Å². The summed E-state index contributed by atoms with van der Waals surface area (Å²) in [4.78, 5) is 26.7. The second-order valence-corrected chi connectivity index (χ2v) is 6.56. The first kappa shape index (κ1) is 15.8. The van der Waals surface area contributed by atoms with Crippen molar-refractivity contribution >= 4 is 23.3 Å². The van der Waals surface area contributed by atoms with Gasteiger partial charge >= 0.3 is 12.0 Å². The number of amides is 2. The molecule has 2 amide bonds. The molecule has 1 saturated carbocycles. The average Bonchev–Trinajstić information content (AvgIpc) is 3.01. The van der Waals surface area contributed by atoms with Crippen LogP contribution >= 0.6 is 11.3 Å². The van der Waals surface area contributed by atoms with Gasteiger partial charge in [0.25, 0.3) is 0 Å². The highest BCUT2D eigenvalue weighted by Gasteiger charge is 2.41. The molecule has 6 nitrogen and oxygen atoms in total. The van der Waals surface area contributed by atoms with Gasteiger partial charge in [-0.15, -0.1) is 11.3 Å². The van der Waals surface area contributed by atoms with Crippen molar-refractivity contribution in [3.63, 3.8) is 0 Å². The molecule has 1 aromatic rings. The Kier molecular flexibility index (Phi) is 4.82. The molecule has 1 aliphatic rings. The number of nitrogens with zero attached hydrogens (tertiary/aromatic N) is 1. The van der Waals surface area contributed by atoms with Gasteiger partial charge in [0.1, 0.15) is 5.01 Å². The number of hydrogen-bond donors (Lipinski definition) is 3. The number of carboxylic acid groups (broad SMARTS) is 1. The van der Waals surface area contributed by atoms with Crippen molar-refractivity contribution < 1.29 is 14.7 Å². The van der Waals surface area contributed by atoms with Gasteiger partial charge in [0.2, 0.25) is 0 Å². The first-order chi connectivity index (χ1) is 9.96. The summed E-state index contributed by atoms with van der Waals surface area (Å²) in [6.45, 7) is 4.66. The second-order valence-electron chi connectivity index (χ2n) is 5.67. The minimum absolute atomic E-state index is 0.0175. The fourth-order valence-electron chi connectivity index (χ4n) is 2.38. The largest absolute Gasteiger partial charge is 0.476 e. The number of rotatable bonds is 7. The molecule has 1 aliphatic carbocycles. The van der Waals surface area contributed by atoms with Crippen molar-refractivity contribution in [2.75, 3.05) is 6.54 Å². The number of aromatic carboxylic acids is 1. The first-order valence-corrected chi connectivity index (χ1v) is 8.07. The summed E-state index contributed by atoms with van der Waals surface area (Å²) >= 11 is 1.24. The number of carboxylic acids is 1. The number of thiazole rings is 1. The van der Waals surface area contributed by atoms with Gasteiger partial charge in [0.05, 0.1) is 6.04 Å². The molecule has 0 saturated heterocycles. The van der Waals surface area contributed by atoms with E-state index >= 15 is 0 Å². The lowest BCUT2D eigenvalue weighted by atomic mass is 10.0. The summed E-state index contributed by atoms with van der Waals surface area (Å²) in [5.41, 5.74) is 0.330. The molecule has 1 heterocycles. The average molecular weight is 311 g/mol. The van der Waals surface area contributed by atoms with Gasteiger partial charge in [-0.2, -0.15) is 0 Å². The fraction of sp³-hybridized carbons (Fsp3) is 0.643. The van der Waals surface area contributed by atoms with Crippen LogP contribution in [0.3, 0.4) is 0 Å². The highest BCUT2D eigenvalue weighted by Crippen LogP contribution is 2.48. The maximum absolute atomic E-state index is 11.9. The topological polar surface area (TPSA) is 91.3 Å². The summed E-state index contributed by atoms with van der Waals surface area (Å²) < 4.78 is 0. The zero-order chi connectivity index (χ0) is 15.5. The van der Waals surface area contributed by atoms with Crippen LogP contribution in [0.2, 0.25) is 0 Å². The molecule has 21 heavy (non-hydrogen) atoms. The summed E-state index contributed by atoms with van der Waals surface area (Å²) in [7, 11) is 0. The molecule has 0 radical (unpaired) electrons. The summed E-state index contributed by atoms with van der Waals surface area (Å²) in [5, 5.41) is 16.6. The third-order valence-corrected chi connectivity index (χ3v) is 4.85. The van der Waals surface area contributed by atoms with Crippen LogP contribution in [0.5, 0.6) is 0 Å². The van der Waals surface area contributed by atoms with Crippen LogP contribution in [0.25, 0.3) is 0 Å². The van der Waals surface area contributed by atoms with E-state index in [-0.39, 0.29) is 17.8 Å². The molecule has 0 bridgehead atoms. The molecule has 3 N–H and O–H groups in total. The first-order valence-electron chi connectivity index (χ1n) is 7.19. The summed E-state index contributed by atoms with van der Waals surface area (Å²) in [6, 6.07) is -0.526. The van der Waals surface area contributed by atoms with Crippen LogP contribution < -0.4 is 10.6 Å². The number of nitrogens with one attached hydrogen (secondary N) is 2. The maximum atomic E-state index is 11.9. The van der Waals surface area contributed by atoms with Gasteiger partial charge in [-0.1, -0.05) is 13.3 Å². The molecule has 1 fully saturated rings. The third kappa shape index (κ3) is 4.17. The van der Waals surface area contributed by atoms with Gasteiger partial charge in [0.15, 0.2) is 5.69 Å². The molecule has 0 aromatic carbocycles. The molecule has 1 unspecified atom stereocenters. The smallest absolute Gasteiger partial charge is 0.355 e. The SMILES string of the molecule is CCCC1(CNC(=O)NC(C)c2nc(C(=O)O)cs2)CC1. The molecule has 1 aromatic heterocycles. The lowest BCUT2D eigenvalue weighted by Crippen LogP contribution is -2.40. The highest BCUT2D eigenvalue weighted by atomic mass is 32.1. The zero-order valence-electron chi connectivity index (χ0n) is 12.3. The van der Waals surface area contributed by atoms with E-state index in [1.165, 1.54) is 29.6 Å². The summed E-state index contributed by atoms with van der Waals surface area (Å²) in [5.74, 6) is -1.05. The molecule has 2 rings (SSSR count). The monoisotopic (exact) mass is 311 g/mol. The predicted molar refractivity (Wildman–Crippen MR) is 80.6 cm³/mol. The fourth-order valence-corrected chi connectivity index (χ4v) is 3.18. The van der Waals surface area contributed by atoms with Gasteiger partial charge in [-0.05, 0) is 31.6 Å². The van der Waals surface area contributed by atoms with Gasteiger partial charge in [-0.3, -0.25) is 0 Å². The van der Waals surface area contributed by atoms with E-state index in [0.717, 1.165) is 12.8 Å². The van der Waals surface area contributed by atoms with E-state index in [1.54, 1.807) is 6.92 Å². The number of aromatic nitrogens is 1. The molecule has 116 valence electrons. The van der Waals surface area contributed by atoms with Crippen molar-refractivity contribution in [3.05, 3.63) is 16.1 Å². The van der Waals surface area contributed by atoms with Gasteiger partial charge < -0.3 is 15.7 Å². The molecule has 0 spiro atoms. The number of carbonyl (C=O) groups excluding carboxylic acids is 1. The van der Waals surface area contributed by atoms with Gasteiger partial charge in [-0.25, -0.2) is 14.6 Å².